The summed E-state index contributed by atoms with van der Waals surface area (Å²) in [7, 11) is 0. The summed E-state index contributed by atoms with van der Waals surface area (Å²) in [4.78, 5) is 21.5. The van der Waals surface area contributed by atoms with E-state index in [0.717, 1.165) is 36.3 Å². The maximum Gasteiger partial charge on any atom is 0.308 e. The minimum absolute atomic E-state index is 0.198. The Bertz CT molecular complexity index is 731. The van der Waals surface area contributed by atoms with E-state index in [0.29, 0.717) is 19.6 Å². The number of aromatic nitrogens is 2. The van der Waals surface area contributed by atoms with E-state index >= 15 is 0 Å². The number of carbonyl (C=O) groups is 1. The smallest absolute Gasteiger partial charge is 0.308 e. The monoisotopic (exact) mass is 345 g/mol. The molecule has 1 saturated heterocycles. The number of carboxylic acid groups (broad SMARTS) is 1. The first-order valence-corrected chi connectivity index (χ1v) is 8.80. The van der Waals surface area contributed by atoms with Crippen LogP contribution in [0, 0.1) is 11.7 Å². The van der Waals surface area contributed by atoms with Crippen LogP contribution in [0.4, 0.5) is 4.39 Å². The molecule has 1 fully saturated rings. The summed E-state index contributed by atoms with van der Waals surface area (Å²) in [5.41, 5.74) is 1.75. The molecule has 0 unspecified atom stereocenters. The third kappa shape index (κ3) is 4.25. The number of nitrogens with one attached hydrogen (secondary N) is 1. The number of benzene rings is 1. The van der Waals surface area contributed by atoms with E-state index in [-0.39, 0.29) is 11.7 Å². The van der Waals surface area contributed by atoms with E-state index in [1.807, 2.05) is 12.3 Å². The summed E-state index contributed by atoms with van der Waals surface area (Å²) in [5, 5.41) is 9.56. The molecule has 1 aliphatic rings. The van der Waals surface area contributed by atoms with Gasteiger partial charge in [-0.2, -0.15) is 0 Å². The molecule has 0 radical (unpaired) electrons. The summed E-state index contributed by atoms with van der Waals surface area (Å²) >= 11 is 0. The second-order valence-corrected chi connectivity index (χ2v) is 6.76. The van der Waals surface area contributed by atoms with Crippen molar-refractivity contribution in [3.63, 3.8) is 0 Å². The molecule has 2 atom stereocenters. The van der Waals surface area contributed by atoms with Gasteiger partial charge < -0.3 is 10.1 Å². The van der Waals surface area contributed by atoms with Crippen LogP contribution in [0.5, 0.6) is 0 Å². The molecule has 25 heavy (non-hydrogen) atoms. The van der Waals surface area contributed by atoms with Gasteiger partial charge in [0.2, 0.25) is 0 Å². The van der Waals surface area contributed by atoms with Crippen molar-refractivity contribution in [2.24, 2.45) is 5.92 Å². The number of unbranched alkanes of at least 4 members (excludes halogenated alkanes) is 1. The van der Waals surface area contributed by atoms with E-state index < -0.39 is 11.9 Å². The molecule has 1 aromatic carbocycles. The molecule has 2 aromatic rings. The third-order valence-corrected chi connectivity index (χ3v) is 4.83. The van der Waals surface area contributed by atoms with Gasteiger partial charge in [-0.1, -0.05) is 25.5 Å². The fraction of sp³-hybridized carbons (Fsp3) is 0.474. The maximum atomic E-state index is 13.5. The molecule has 1 aromatic heterocycles. The molecule has 3 rings (SSSR count). The van der Waals surface area contributed by atoms with Gasteiger partial charge in [0.25, 0.3) is 0 Å². The van der Waals surface area contributed by atoms with Crippen molar-refractivity contribution < 1.29 is 14.3 Å². The number of likely N-dealkylation sites (tertiary alicyclic amines) is 1. The average molecular weight is 345 g/mol. The van der Waals surface area contributed by atoms with Gasteiger partial charge in [0.15, 0.2) is 0 Å². The SMILES string of the molecule is CCCCc1ncc(CN2C[C@@H](C(=O)O)[C@H](c3cccc(F)c3)C2)[nH]1. The van der Waals surface area contributed by atoms with Crippen LogP contribution >= 0.6 is 0 Å². The number of aromatic amines is 1. The highest BCUT2D eigenvalue weighted by molar-refractivity contribution is 5.72. The normalized spacial score (nSPS) is 20.9. The summed E-state index contributed by atoms with van der Waals surface area (Å²) in [6.07, 6.45) is 4.98. The Morgan fingerprint density at radius 2 is 2.28 bits per heavy atom. The van der Waals surface area contributed by atoms with Crippen molar-refractivity contribution >= 4 is 5.97 Å². The van der Waals surface area contributed by atoms with Gasteiger partial charge in [-0.15, -0.1) is 0 Å². The summed E-state index contributed by atoms with van der Waals surface area (Å²) in [6.45, 7) is 3.84. The number of rotatable bonds is 7. The predicted molar refractivity (Wildman–Crippen MR) is 92.7 cm³/mol. The zero-order valence-electron chi connectivity index (χ0n) is 14.4. The number of H-pyrrole nitrogens is 1. The number of nitrogens with zero attached hydrogens (tertiary/aromatic N) is 2. The Kier molecular flexibility index (Phi) is 5.48. The Balaban J connectivity index is 1.69. The molecule has 1 aliphatic heterocycles. The van der Waals surface area contributed by atoms with Crippen molar-refractivity contribution in [1.29, 1.82) is 0 Å². The second kappa shape index (κ2) is 7.78. The Labute approximate surface area is 146 Å². The zero-order valence-corrected chi connectivity index (χ0v) is 14.4. The molecule has 0 spiro atoms. The van der Waals surface area contributed by atoms with Gasteiger partial charge in [-0.25, -0.2) is 9.37 Å². The van der Waals surface area contributed by atoms with Crippen LogP contribution in [0.15, 0.2) is 30.5 Å². The first kappa shape index (κ1) is 17.6. The molecule has 0 aliphatic carbocycles. The van der Waals surface area contributed by atoms with E-state index in [4.69, 9.17) is 0 Å². The van der Waals surface area contributed by atoms with Gasteiger partial charge in [-0.3, -0.25) is 9.69 Å². The fourth-order valence-corrected chi connectivity index (χ4v) is 3.54. The van der Waals surface area contributed by atoms with E-state index in [2.05, 4.69) is 21.8 Å². The van der Waals surface area contributed by atoms with Gasteiger partial charge in [-0.05, 0) is 24.1 Å². The number of hydrogen-bond acceptors (Lipinski definition) is 3. The standard InChI is InChI=1S/C19H24FN3O2/c1-2-3-7-18-21-9-15(22-18)10-23-11-16(17(12-23)19(24)25)13-5-4-6-14(20)8-13/h4-6,8-9,16-17H,2-3,7,10-12H2,1H3,(H,21,22)(H,24,25)/t16-,17+/m0/s1. The Hall–Kier alpha value is -2.21. The number of carboxylic acids is 1. The molecule has 0 amide bonds. The van der Waals surface area contributed by atoms with Gasteiger partial charge in [0.1, 0.15) is 11.6 Å². The lowest BCUT2D eigenvalue weighted by Gasteiger charge is -2.15. The van der Waals surface area contributed by atoms with Gasteiger partial charge >= 0.3 is 5.97 Å². The lowest BCUT2D eigenvalue weighted by Crippen LogP contribution is -2.23. The minimum atomic E-state index is -0.829. The molecule has 2 N–H and O–H groups in total. The quantitative estimate of drug-likeness (QED) is 0.809. The van der Waals surface area contributed by atoms with E-state index in [9.17, 15) is 14.3 Å². The highest BCUT2D eigenvalue weighted by atomic mass is 19.1. The molecular formula is C19H24FN3O2. The molecule has 2 heterocycles. The number of aliphatic carboxylic acids is 1. The molecule has 0 bridgehead atoms. The van der Waals surface area contributed by atoms with Gasteiger partial charge in [0, 0.05) is 43.9 Å². The van der Waals surface area contributed by atoms with Crippen LogP contribution in [-0.2, 0) is 17.8 Å². The lowest BCUT2D eigenvalue weighted by molar-refractivity contribution is -0.141. The van der Waals surface area contributed by atoms with Crippen LogP contribution in [0.3, 0.4) is 0 Å². The Morgan fingerprint density at radius 1 is 1.44 bits per heavy atom. The summed E-state index contributed by atoms with van der Waals surface area (Å²) < 4.78 is 13.5. The lowest BCUT2D eigenvalue weighted by atomic mass is 9.89. The van der Waals surface area contributed by atoms with Gasteiger partial charge in [0.05, 0.1) is 5.92 Å². The topological polar surface area (TPSA) is 69.2 Å². The molecular weight excluding hydrogens is 321 g/mol. The molecule has 6 heteroatoms. The van der Waals surface area contributed by atoms with Crippen LogP contribution in [0.2, 0.25) is 0 Å². The average Bonchev–Trinajstić information content (AvgIpc) is 3.20. The largest absolute Gasteiger partial charge is 0.481 e. The summed E-state index contributed by atoms with van der Waals surface area (Å²) in [6, 6.07) is 6.28. The van der Waals surface area contributed by atoms with Crippen molar-refractivity contribution in [2.75, 3.05) is 13.1 Å². The molecule has 134 valence electrons. The van der Waals surface area contributed by atoms with E-state index in [1.54, 1.807) is 6.07 Å². The number of aryl methyl sites for hydroxylation is 1. The van der Waals surface area contributed by atoms with Crippen LogP contribution in [-0.4, -0.2) is 39.0 Å². The minimum Gasteiger partial charge on any atom is -0.481 e. The third-order valence-electron chi connectivity index (χ3n) is 4.83. The van der Waals surface area contributed by atoms with Crippen molar-refractivity contribution in [2.45, 2.75) is 38.6 Å². The highest BCUT2D eigenvalue weighted by Gasteiger charge is 2.38. The predicted octanol–water partition coefficient (Wildman–Crippen LogP) is 3.19. The van der Waals surface area contributed by atoms with Crippen molar-refractivity contribution in [3.8, 4) is 0 Å². The molecule has 5 nitrogen and oxygen atoms in total. The van der Waals surface area contributed by atoms with E-state index in [1.165, 1.54) is 12.1 Å². The zero-order chi connectivity index (χ0) is 17.8. The second-order valence-electron chi connectivity index (χ2n) is 6.76. The fourth-order valence-electron chi connectivity index (χ4n) is 3.54. The first-order chi connectivity index (χ1) is 12.1. The first-order valence-electron chi connectivity index (χ1n) is 8.80. The van der Waals surface area contributed by atoms with Crippen LogP contribution < -0.4 is 0 Å². The van der Waals surface area contributed by atoms with Crippen LogP contribution in [0.1, 0.15) is 42.8 Å². The van der Waals surface area contributed by atoms with Crippen molar-refractivity contribution in [1.82, 2.24) is 14.9 Å². The molecule has 0 saturated carbocycles. The summed E-state index contributed by atoms with van der Waals surface area (Å²) in [5.74, 6) is -0.897. The number of hydrogen-bond donors (Lipinski definition) is 2. The van der Waals surface area contributed by atoms with Crippen LogP contribution in [0.25, 0.3) is 0 Å². The Morgan fingerprint density at radius 3 is 3.00 bits per heavy atom. The van der Waals surface area contributed by atoms with Crippen molar-refractivity contribution in [3.05, 3.63) is 53.4 Å². The number of imidazole rings is 1. The maximum absolute atomic E-state index is 13.5. The highest BCUT2D eigenvalue weighted by Crippen LogP contribution is 2.33. The number of halogens is 1.